The van der Waals surface area contributed by atoms with Crippen molar-refractivity contribution < 1.29 is 35.5 Å². The summed E-state index contributed by atoms with van der Waals surface area (Å²) in [5, 5.41) is 2.68. The molecule has 2 aromatic carbocycles. The summed E-state index contributed by atoms with van der Waals surface area (Å²) in [6.45, 7) is 4.70. The van der Waals surface area contributed by atoms with E-state index in [9.17, 15) is 30.7 Å². The molecule has 2 heterocycles. The largest absolute Gasteiger partial charge is 0.419 e. The van der Waals surface area contributed by atoms with Crippen LogP contribution in [-0.4, -0.2) is 66.4 Å². The van der Waals surface area contributed by atoms with Crippen molar-refractivity contribution in [1.29, 1.82) is 0 Å². The van der Waals surface area contributed by atoms with E-state index in [2.05, 4.69) is 20.3 Å². The lowest BCUT2D eigenvalue weighted by Crippen LogP contribution is -2.37. The molecule has 1 fully saturated rings. The molecule has 0 radical (unpaired) electrons. The molecule has 0 spiro atoms. The van der Waals surface area contributed by atoms with Gasteiger partial charge in [0.05, 0.1) is 25.2 Å². The Labute approximate surface area is 234 Å². The average molecular weight is 591 g/mol. The highest BCUT2D eigenvalue weighted by atomic mass is 19.4. The van der Waals surface area contributed by atoms with Crippen LogP contribution in [0.2, 0.25) is 0 Å². The first kappa shape index (κ1) is 33.7. The third-order valence-corrected chi connectivity index (χ3v) is 5.48. The Kier molecular flexibility index (Phi) is 11.8. The molecule has 0 saturated carbocycles. The molecule has 41 heavy (non-hydrogen) atoms. The van der Waals surface area contributed by atoms with Gasteiger partial charge in [-0.15, -0.1) is 0 Å². The highest BCUT2D eigenvalue weighted by molar-refractivity contribution is 5.56. The second kappa shape index (κ2) is 14.4. The van der Waals surface area contributed by atoms with Crippen molar-refractivity contribution in [2.75, 3.05) is 50.6 Å². The summed E-state index contributed by atoms with van der Waals surface area (Å²) in [5.41, 5.74) is 0.0138. The molecule has 4 rings (SSSR count). The second-order valence-electron chi connectivity index (χ2n) is 9.27. The number of ether oxygens (including phenoxy) is 1. The Balaban J connectivity index is 0.000000317. The number of anilines is 3. The summed E-state index contributed by atoms with van der Waals surface area (Å²) < 4.78 is 93.2. The number of halogens is 7. The van der Waals surface area contributed by atoms with E-state index in [-0.39, 0.29) is 19.1 Å². The predicted octanol–water partition coefficient (Wildman–Crippen LogP) is 6.41. The fourth-order valence-electron chi connectivity index (χ4n) is 3.74. The van der Waals surface area contributed by atoms with Gasteiger partial charge in [-0.1, -0.05) is 31.7 Å². The van der Waals surface area contributed by atoms with Gasteiger partial charge in [0.1, 0.15) is 11.6 Å². The number of aromatic nitrogens is 3. The van der Waals surface area contributed by atoms with E-state index in [1.165, 1.54) is 18.2 Å². The summed E-state index contributed by atoms with van der Waals surface area (Å²) in [6.07, 6.45) is -9.76. The van der Waals surface area contributed by atoms with Crippen LogP contribution in [0.25, 0.3) is 0 Å². The summed E-state index contributed by atoms with van der Waals surface area (Å²) >= 11 is 0. The van der Waals surface area contributed by atoms with Crippen molar-refractivity contribution in [3.63, 3.8) is 0 Å². The zero-order valence-electron chi connectivity index (χ0n) is 22.1. The van der Waals surface area contributed by atoms with Gasteiger partial charge in [0, 0.05) is 25.3 Å². The van der Waals surface area contributed by atoms with Gasteiger partial charge < -0.3 is 19.9 Å². The normalized spacial score (nSPS) is 13.8. The van der Waals surface area contributed by atoms with Crippen LogP contribution in [0.4, 0.5) is 48.3 Å². The zero-order chi connectivity index (χ0) is 29.5. The predicted molar refractivity (Wildman–Crippen MR) is 143 cm³/mol. The lowest BCUT2D eigenvalue weighted by molar-refractivity contribution is -0.140. The standard InChI is InChI=1S/C15H15F4N5O.C11H14F3N.CH4/c1-9-20-13(23-14(21-9)24-4-6-25-7-5-24)22-10-2-3-12(16)11(8-10)15(17,18)19;1-15(2)8-10-5-3-9(4-6-10)7-11(12,13)14;/h2-3,8H,4-7H2,1H3,(H,20,21,22,23);3-6H,7-8H2,1-2H3;1H4. The summed E-state index contributed by atoms with van der Waals surface area (Å²) in [6, 6.07) is 9.17. The number of benzene rings is 2. The fraction of sp³-hybridized carbons (Fsp3) is 0.444. The van der Waals surface area contributed by atoms with Crippen molar-refractivity contribution in [2.24, 2.45) is 0 Å². The minimum Gasteiger partial charge on any atom is -0.378 e. The zero-order valence-corrected chi connectivity index (χ0v) is 22.1. The summed E-state index contributed by atoms with van der Waals surface area (Å²) in [4.78, 5) is 16.4. The molecule has 226 valence electrons. The molecule has 1 saturated heterocycles. The van der Waals surface area contributed by atoms with E-state index >= 15 is 0 Å². The molecule has 14 heteroatoms. The monoisotopic (exact) mass is 590 g/mol. The topological polar surface area (TPSA) is 66.4 Å². The van der Waals surface area contributed by atoms with Gasteiger partial charge in [0.15, 0.2) is 0 Å². The number of morpholine rings is 1. The van der Waals surface area contributed by atoms with Crippen LogP contribution in [0.3, 0.4) is 0 Å². The fourth-order valence-corrected chi connectivity index (χ4v) is 3.74. The molecular formula is C27H33F7N6O. The van der Waals surface area contributed by atoms with Crippen molar-refractivity contribution in [3.05, 3.63) is 70.8 Å². The van der Waals surface area contributed by atoms with Gasteiger partial charge in [-0.2, -0.15) is 41.3 Å². The first-order chi connectivity index (χ1) is 18.7. The summed E-state index contributed by atoms with van der Waals surface area (Å²) in [5.74, 6) is -0.416. The third-order valence-electron chi connectivity index (χ3n) is 5.48. The van der Waals surface area contributed by atoms with Crippen LogP contribution in [0, 0.1) is 12.7 Å². The van der Waals surface area contributed by atoms with E-state index in [0.717, 1.165) is 18.2 Å². The maximum Gasteiger partial charge on any atom is 0.419 e. The highest BCUT2D eigenvalue weighted by Gasteiger charge is 2.34. The van der Waals surface area contributed by atoms with E-state index in [1.54, 1.807) is 19.1 Å². The second-order valence-corrected chi connectivity index (χ2v) is 9.27. The Bertz CT molecular complexity index is 1240. The van der Waals surface area contributed by atoms with E-state index in [0.29, 0.717) is 49.7 Å². The molecule has 1 N–H and O–H groups in total. The number of nitrogens with one attached hydrogen (secondary N) is 1. The quantitative estimate of drug-likeness (QED) is 0.333. The maximum absolute atomic E-state index is 13.4. The Morgan fingerprint density at radius 3 is 2.07 bits per heavy atom. The molecular weight excluding hydrogens is 557 g/mol. The Morgan fingerprint density at radius 2 is 1.51 bits per heavy atom. The smallest absolute Gasteiger partial charge is 0.378 e. The molecule has 0 aliphatic carbocycles. The average Bonchev–Trinajstić information content (AvgIpc) is 2.85. The lowest BCUT2D eigenvalue weighted by Gasteiger charge is -2.27. The van der Waals surface area contributed by atoms with Crippen LogP contribution in [0.5, 0.6) is 0 Å². The molecule has 0 atom stereocenters. The number of aryl methyl sites for hydroxylation is 1. The van der Waals surface area contributed by atoms with Gasteiger partial charge in [0.2, 0.25) is 11.9 Å². The van der Waals surface area contributed by atoms with Gasteiger partial charge in [-0.05, 0) is 50.3 Å². The Morgan fingerprint density at radius 1 is 0.902 bits per heavy atom. The Hall–Kier alpha value is -3.52. The van der Waals surface area contributed by atoms with Gasteiger partial charge >= 0.3 is 12.4 Å². The van der Waals surface area contributed by atoms with Crippen LogP contribution >= 0.6 is 0 Å². The SMILES string of the molecule is C.CN(C)Cc1ccc(CC(F)(F)F)cc1.Cc1nc(Nc2ccc(F)c(C(F)(F)F)c2)nc(N2CCOCC2)n1. The lowest BCUT2D eigenvalue weighted by atomic mass is 10.1. The van der Waals surface area contributed by atoms with Gasteiger partial charge in [-0.25, -0.2) is 4.39 Å². The number of hydrogen-bond acceptors (Lipinski definition) is 7. The van der Waals surface area contributed by atoms with E-state index < -0.39 is 30.2 Å². The van der Waals surface area contributed by atoms with Crippen molar-refractivity contribution in [1.82, 2.24) is 19.9 Å². The number of hydrogen-bond donors (Lipinski definition) is 1. The molecule has 0 unspecified atom stereocenters. The molecule has 0 amide bonds. The maximum atomic E-state index is 13.4. The first-order valence-corrected chi connectivity index (χ1v) is 12.2. The van der Waals surface area contributed by atoms with Crippen molar-refractivity contribution in [3.8, 4) is 0 Å². The molecule has 1 aliphatic rings. The van der Waals surface area contributed by atoms with E-state index in [1.807, 2.05) is 23.9 Å². The number of alkyl halides is 6. The molecule has 7 nitrogen and oxygen atoms in total. The van der Waals surface area contributed by atoms with Gasteiger partial charge in [-0.3, -0.25) is 0 Å². The summed E-state index contributed by atoms with van der Waals surface area (Å²) in [7, 11) is 3.84. The number of rotatable bonds is 6. The molecule has 0 bridgehead atoms. The van der Waals surface area contributed by atoms with Crippen LogP contribution in [0.15, 0.2) is 42.5 Å². The van der Waals surface area contributed by atoms with Crippen molar-refractivity contribution in [2.45, 2.75) is 39.7 Å². The van der Waals surface area contributed by atoms with Crippen LogP contribution < -0.4 is 10.2 Å². The van der Waals surface area contributed by atoms with E-state index in [4.69, 9.17) is 4.74 Å². The van der Waals surface area contributed by atoms with Crippen LogP contribution in [-0.2, 0) is 23.9 Å². The third kappa shape index (κ3) is 11.1. The minimum atomic E-state index is -4.78. The molecule has 1 aromatic heterocycles. The number of nitrogens with zero attached hydrogens (tertiary/aromatic N) is 5. The first-order valence-electron chi connectivity index (χ1n) is 12.2. The van der Waals surface area contributed by atoms with Crippen LogP contribution in [0.1, 0.15) is 29.9 Å². The highest BCUT2D eigenvalue weighted by Crippen LogP contribution is 2.33. The van der Waals surface area contributed by atoms with Crippen molar-refractivity contribution >= 4 is 17.6 Å². The molecule has 1 aliphatic heterocycles. The minimum absolute atomic E-state index is 0. The van der Waals surface area contributed by atoms with Gasteiger partial charge in [0.25, 0.3) is 0 Å². The molecule has 3 aromatic rings.